The minimum atomic E-state index is -0.594. The summed E-state index contributed by atoms with van der Waals surface area (Å²) >= 11 is 0. The van der Waals surface area contributed by atoms with Gasteiger partial charge in [0, 0.05) is 32.7 Å². The number of rotatable bonds is 6. The van der Waals surface area contributed by atoms with Crippen LogP contribution < -0.4 is 16.6 Å². The van der Waals surface area contributed by atoms with Crippen LogP contribution in [-0.2, 0) is 16.1 Å². The number of carbonyl (C=O) groups is 2. The number of para-hydroxylation sites is 1. The van der Waals surface area contributed by atoms with Gasteiger partial charge in [0.05, 0.1) is 17.4 Å². The molecule has 3 rings (SSSR count). The van der Waals surface area contributed by atoms with E-state index in [1.165, 1.54) is 0 Å². The molecule has 2 heterocycles. The van der Waals surface area contributed by atoms with E-state index < -0.39 is 11.2 Å². The third-order valence-corrected chi connectivity index (χ3v) is 4.85. The number of H-pyrrole nitrogens is 1. The molecule has 1 aromatic heterocycles. The molecule has 0 aliphatic carbocycles. The van der Waals surface area contributed by atoms with Gasteiger partial charge in [-0.25, -0.2) is 4.79 Å². The summed E-state index contributed by atoms with van der Waals surface area (Å²) in [5.41, 5.74) is -0.613. The van der Waals surface area contributed by atoms with Crippen LogP contribution in [0.2, 0.25) is 0 Å². The standard InChI is InChI=1S/C19H25N5O4/c1-2-7-20-16(25)12-22-8-10-23(11-9-22)17(26)13-24-18(27)14-5-3-4-6-15(14)21-19(24)28/h3-6H,2,7-13H2,1H3,(H,20,25)(H,21,28). The number of nitrogens with one attached hydrogen (secondary N) is 2. The molecule has 0 bridgehead atoms. The summed E-state index contributed by atoms with van der Waals surface area (Å²) in [6.45, 7) is 4.74. The Morgan fingerprint density at radius 3 is 2.50 bits per heavy atom. The van der Waals surface area contributed by atoms with Crippen molar-refractivity contribution in [2.24, 2.45) is 0 Å². The van der Waals surface area contributed by atoms with Crippen molar-refractivity contribution in [1.29, 1.82) is 0 Å². The highest BCUT2D eigenvalue weighted by atomic mass is 16.2. The molecule has 0 spiro atoms. The van der Waals surface area contributed by atoms with Crippen molar-refractivity contribution in [2.75, 3.05) is 39.3 Å². The molecule has 9 heteroatoms. The van der Waals surface area contributed by atoms with E-state index in [0.717, 1.165) is 11.0 Å². The van der Waals surface area contributed by atoms with E-state index in [1.54, 1.807) is 29.2 Å². The van der Waals surface area contributed by atoms with E-state index in [9.17, 15) is 19.2 Å². The number of amides is 2. The van der Waals surface area contributed by atoms with E-state index in [2.05, 4.69) is 10.3 Å². The first-order valence-corrected chi connectivity index (χ1v) is 9.48. The number of hydrogen-bond donors (Lipinski definition) is 2. The summed E-state index contributed by atoms with van der Waals surface area (Å²) in [6, 6.07) is 6.72. The molecule has 1 aliphatic heterocycles. The minimum absolute atomic E-state index is 0.0177. The Labute approximate surface area is 161 Å². The fraction of sp³-hybridized carbons (Fsp3) is 0.474. The summed E-state index contributed by atoms with van der Waals surface area (Å²) < 4.78 is 0.940. The van der Waals surface area contributed by atoms with Gasteiger partial charge in [0.25, 0.3) is 5.56 Å². The molecule has 0 radical (unpaired) electrons. The van der Waals surface area contributed by atoms with Gasteiger partial charge in [0.15, 0.2) is 0 Å². The SMILES string of the molecule is CCCNC(=O)CN1CCN(C(=O)Cn2c(=O)[nH]c3ccccc3c2=O)CC1. The van der Waals surface area contributed by atoms with Gasteiger partial charge in [-0.15, -0.1) is 0 Å². The minimum Gasteiger partial charge on any atom is -0.355 e. The maximum atomic E-state index is 12.6. The molecule has 2 N–H and O–H groups in total. The molecule has 150 valence electrons. The van der Waals surface area contributed by atoms with E-state index in [1.807, 2.05) is 11.8 Å². The topological polar surface area (TPSA) is 108 Å². The van der Waals surface area contributed by atoms with E-state index in [4.69, 9.17) is 0 Å². The van der Waals surface area contributed by atoms with Crippen molar-refractivity contribution in [3.05, 3.63) is 45.1 Å². The lowest BCUT2D eigenvalue weighted by atomic mass is 10.2. The average Bonchev–Trinajstić information content (AvgIpc) is 2.70. The fourth-order valence-electron chi connectivity index (χ4n) is 3.26. The van der Waals surface area contributed by atoms with Crippen molar-refractivity contribution in [2.45, 2.75) is 19.9 Å². The number of aromatic nitrogens is 2. The molecule has 0 unspecified atom stereocenters. The van der Waals surface area contributed by atoms with Crippen LogP contribution in [0, 0.1) is 0 Å². The maximum Gasteiger partial charge on any atom is 0.329 e. The molecule has 0 saturated carbocycles. The number of carbonyl (C=O) groups excluding carboxylic acids is 2. The molecule has 1 saturated heterocycles. The maximum absolute atomic E-state index is 12.6. The monoisotopic (exact) mass is 387 g/mol. The van der Waals surface area contributed by atoms with Crippen LogP contribution in [0.1, 0.15) is 13.3 Å². The predicted octanol–water partition coefficient (Wildman–Crippen LogP) is -0.640. The van der Waals surface area contributed by atoms with E-state index in [-0.39, 0.29) is 18.4 Å². The normalized spacial score (nSPS) is 15.0. The molecule has 0 atom stereocenters. The highest BCUT2D eigenvalue weighted by Crippen LogP contribution is 2.05. The predicted molar refractivity (Wildman–Crippen MR) is 105 cm³/mol. The lowest BCUT2D eigenvalue weighted by Gasteiger charge is -2.34. The van der Waals surface area contributed by atoms with E-state index >= 15 is 0 Å². The molecular weight excluding hydrogens is 362 g/mol. The number of hydrogen-bond acceptors (Lipinski definition) is 5. The molecular formula is C19H25N5O4. The second-order valence-corrected chi connectivity index (χ2v) is 6.87. The second kappa shape index (κ2) is 8.83. The molecule has 2 aromatic rings. The van der Waals surface area contributed by atoms with Crippen LogP contribution in [0.4, 0.5) is 0 Å². The first-order chi connectivity index (χ1) is 13.5. The number of piperazine rings is 1. The smallest absolute Gasteiger partial charge is 0.329 e. The quantitative estimate of drug-likeness (QED) is 0.686. The number of nitrogens with zero attached hydrogens (tertiary/aromatic N) is 3. The fourth-order valence-corrected chi connectivity index (χ4v) is 3.26. The Morgan fingerprint density at radius 2 is 1.79 bits per heavy atom. The zero-order valence-corrected chi connectivity index (χ0v) is 15.9. The van der Waals surface area contributed by atoms with Gasteiger partial charge in [-0.1, -0.05) is 19.1 Å². The second-order valence-electron chi connectivity index (χ2n) is 6.87. The summed E-state index contributed by atoms with van der Waals surface area (Å²) in [5, 5.41) is 3.21. The Balaban J connectivity index is 1.61. The van der Waals surface area contributed by atoms with Gasteiger partial charge in [0.2, 0.25) is 11.8 Å². The number of aromatic amines is 1. The first kappa shape index (κ1) is 19.8. The summed E-state index contributed by atoms with van der Waals surface area (Å²) in [4.78, 5) is 55.4. The third kappa shape index (κ3) is 4.48. The van der Waals surface area contributed by atoms with Crippen molar-refractivity contribution in [1.82, 2.24) is 24.7 Å². The number of benzene rings is 1. The zero-order chi connectivity index (χ0) is 20.1. The van der Waals surface area contributed by atoms with Crippen LogP contribution in [0.15, 0.2) is 33.9 Å². The lowest BCUT2D eigenvalue weighted by Crippen LogP contribution is -2.52. The van der Waals surface area contributed by atoms with Crippen molar-refractivity contribution < 1.29 is 9.59 Å². The molecule has 1 fully saturated rings. The van der Waals surface area contributed by atoms with Gasteiger partial charge < -0.3 is 15.2 Å². The van der Waals surface area contributed by atoms with Crippen LogP contribution in [0.25, 0.3) is 10.9 Å². The van der Waals surface area contributed by atoms with Crippen molar-refractivity contribution in [3.63, 3.8) is 0 Å². The Hall–Kier alpha value is -2.94. The van der Waals surface area contributed by atoms with Gasteiger partial charge in [-0.3, -0.25) is 23.9 Å². The Bertz CT molecular complexity index is 972. The van der Waals surface area contributed by atoms with Gasteiger partial charge >= 0.3 is 5.69 Å². The first-order valence-electron chi connectivity index (χ1n) is 9.48. The lowest BCUT2D eigenvalue weighted by molar-refractivity contribution is -0.134. The Kier molecular flexibility index (Phi) is 6.25. The van der Waals surface area contributed by atoms with Crippen LogP contribution in [0.3, 0.4) is 0 Å². The van der Waals surface area contributed by atoms with Crippen LogP contribution in [0.5, 0.6) is 0 Å². The van der Waals surface area contributed by atoms with Crippen molar-refractivity contribution in [3.8, 4) is 0 Å². The average molecular weight is 387 g/mol. The Morgan fingerprint density at radius 1 is 1.07 bits per heavy atom. The number of fused-ring (bicyclic) bond motifs is 1. The summed E-state index contributed by atoms with van der Waals surface area (Å²) in [6.07, 6.45) is 0.890. The van der Waals surface area contributed by atoms with Gasteiger partial charge in [0.1, 0.15) is 6.54 Å². The zero-order valence-electron chi connectivity index (χ0n) is 15.9. The van der Waals surface area contributed by atoms with Crippen molar-refractivity contribution >= 4 is 22.7 Å². The third-order valence-electron chi connectivity index (χ3n) is 4.85. The highest BCUT2D eigenvalue weighted by Gasteiger charge is 2.23. The molecule has 2 amide bonds. The largest absolute Gasteiger partial charge is 0.355 e. The summed E-state index contributed by atoms with van der Waals surface area (Å²) in [7, 11) is 0. The highest BCUT2D eigenvalue weighted by molar-refractivity contribution is 5.79. The summed E-state index contributed by atoms with van der Waals surface area (Å²) in [5.74, 6) is -0.297. The van der Waals surface area contributed by atoms with Gasteiger partial charge in [-0.05, 0) is 18.6 Å². The molecule has 1 aliphatic rings. The van der Waals surface area contributed by atoms with Gasteiger partial charge in [-0.2, -0.15) is 0 Å². The van der Waals surface area contributed by atoms with Crippen LogP contribution >= 0.6 is 0 Å². The van der Waals surface area contributed by atoms with E-state index in [0.29, 0.717) is 50.2 Å². The molecule has 9 nitrogen and oxygen atoms in total. The molecule has 28 heavy (non-hydrogen) atoms. The molecule has 1 aromatic carbocycles. The van der Waals surface area contributed by atoms with Crippen LogP contribution in [-0.4, -0.2) is 70.4 Å².